The van der Waals surface area contributed by atoms with Crippen LogP contribution in [-0.4, -0.2) is 16.3 Å². The summed E-state index contributed by atoms with van der Waals surface area (Å²) in [6.45, 7) is 2.87. The van der Waals surface area contributed by atoms with E-state index in [4.69, 9.17) is 11.6 Å². The van der Waals surface area contributed by atoms with Crippen molar-refractivity contribution in [3.8, 4) is 6.07 Å². The first-order valence-electron chi connectivity index (χ1n) is 7.08. The molecule has 2 aromatic rings. The number of benzene rings is 1. The van der Waals surface area contributed by atoms with Crippen molar-refractivity contribution in [1.82, 2.24) is 4.57 Å². The van der Waals surface area contributed by atoms with Gasteiger partial charge in [-0.1, -0.05) is 24.3 Å². The lowest BCUT2D eigenvalue weighted by molar-refractivity contribution is 0.636. The third kappa shape index (κ3) is 2.26. The van der Waals surface area contributed by atoms with Crippen LogP contribution in [0.3, 0.4) is 0 Å². The number of aliphatic imine (C=N–C) groups is 1. The molecule has 0 atom stereocenters. The fraction of sp³-hybridized carbons (Fsp3) is 0.294. The zero-order chi connectivity index (χ0) is 14.8. The minimum atomic E-state index is 0.153. The Balaban J connectivity index is 2.28. The van der Waals surface area contributed by atoms with Crippen molar-refractivity contribution in [3.63, 3.8) is 0 Å². The molecule has 0 saturated heterocycles. The van der Waals surface area contributed by atoms with Gasteiger partial charge in [0.2, 0.25) is 0 Å². The molecule has 0 N–H and O–H groups in total. The quantitative estimate of drug-likeness (QED) is 0.365. The summed E-state index contributed by atoms with van der Waals surface area (Å²) in [6.07, 6.45) is 6.16. The molecule has 0 fully saturated rings. The highest BCUT2D eigenvalue weighted by Gasteiger charge is 2.20. The third-order valence-corrected chi connectivity index (χ3v) is 4.08. The monoisotopic (exact) mass is 297 g/mol. The second-order valence-corrected chi connectivity index (χ2v) is 5.33. The molecule has 21 heavy (non-hydrogen) atoms. The number of halogens is 1. The van der Waals surface area contributed by atoms with Crippen LogP contribution in [0.1, 0.15) is 24.5 Å². The van der Waals surface area contributed by atoms with Crippen LogP contribution in [-0.2, 0) is 13.0 Å². The van der Waals surface area contributed by atoms with Crippen LogP contribution in [0.15, 0.2) is 41.0 Å². The maximum Gasteiger partial charge on any atom is 0.114 e. The number of alkyl halides is 1. The number of allylic oxidation sites excluding steroid dienone is 2. The van der Waals surface area contributed by atoms with Gasteiger partial charge >= 0.3 is 0 Å². The normalized spacial score (nSPS) is 15.3. The number of nitrogens with zero attached hydrogens (tertiary/aromatic N) is 3. The van der Waals surface area contributed by atoms with Crippen LogP contribution in [0.2, 0.25) is 0 Å². The van der Waals surface area contributed by atoms with E-state index in [2.05, 4.69) is 40.0 Å². The van der Waals surface area contributed by atoms with Crippen LogP contribution in [0.25, 0.3) is 10.9 Å². The standard InChI is InChI=1S/C17H16ClN3/c1-2-12(9-19)16(20-11-18)15-10-21-8-4-6-13-5-3-7-14(15)17(13)21/h2-3,5,7,10H,4,6,8,11H2,1H3/b12-2-,20-16+. The summed E-state index contributed by atoms with van der Waals surface area (Å²) >= 11 is 5.81. The highest BCUT2D eigenvalue weighted by molar-refractivity contribution is 6.24. The summed E-state index contributed by atoms with van der Waals surface area (Å²) < 4.78 is 2.28. The van der Waals surface area contributed by atoms with Crippen molar-refractivity contribution < 1.29 is 0 Å². The Morgan fingerprint density at radius 3 is 3.10 bits per heavy atom. The Bertz CT molecular complexity index is 790. The van der Waals surface area contributed by atoms with E-state index in [0.717, 1.165) is 30.3 Å². The van der Waals surface area contributed by atoms with E-state index < -0.39 is 0 Å². The average Bonchev–Trinajstić information content (AvgIpc) is 2.89. The average molecular weight is 298 g/mol. The maximum absolute atomic E-state index is 9.34. The number of hydrogen-bond acceptors (Lipinski definition) is 2. The fourth-order valence-electron chi connectivity index (χ4n) is 3.07. The lowest BCUT2D eigenvalue weighted by Crippen LogP contribution is -2.06. The molecule has 1 aliphatic rings. The van der Waals surface area contributed by atoms with Crippen LogP contribution in [0.4, 0.5) is 0 Å². The van der Waals surface area contributed by atoms with Crippen molar-refractivity contribution in [2.75, 3.05) is 6.00 Å². The fourth-order valence-corrected chi connectivity index (χ4v) is 3.19. The van der Waals surface area contributed by atoms with Crippen LogP contribution < -0.4 is 0 Å². The van der Waals surface area contributed by atoms with Gasteiger partial charge in [-0.15, -0.1) is 11.6 Å². The number of hydrogen-bond donors (Lipinski definition) is 0. The Morgan fingerprint density at radius 1 is 1.52 bits per heavy atom. The number of aryl methyl sites for hydroxylation is 2. The minimum Gasteiger partial charge on any atom is -0.347 e. The van der Waals surface area contributed by atoms with E-state index in [0.29, 0.717) is 11.3 Å². The zero-order valence-electron chi connectivity index (χ0n) is 11.9. The van der Waals surface area contributed by atoms with Crippen LogP contribution in [0.5, 0.6) is 0 Å². The van der Waals surface area contributed by atoms with Crippen molar-refractivity contribution in [2.45, 2.75) is 26.3 Å². The summed E-state index contributed by atoms with van der Waals surface area (Å²) in [6, 6.07) is 8.74. The number of nitriles is 1. The Morgan fingerprint density at radius 2 is 2.38 bits per heavy atom. The topological polar surface area (TPSA) is 41.1 Å². The van der Waals surface area contributed by atoms with Gasteiger partial charge in [-0.3, -0.25) is 4.99 Å². The predicted octanol–water partition coefficient (Wildman–Crippen LogP) is 4.04. The van der Waals surface area contributed by atoms with Gasteiger partial charge in [0.25, 0.3) is 0 Å². The molecule has 106 valence electrons. The molecule has 0 aliphatic carbocycles. The van der Waals surface area contributed by atoms with Crippen molar-refractivity contribution in [3.05, 3.63) is 47.2 Å². The van der Waals surface area contributed by atoms with Crippen LogP contribution >= 0.6 is 11.6 Å². The molecule has 1 aliphatic heterocycles. The molecule has 0 saturated carbocycles. The van der Waals surface area contributed by atoms with E-state index in [9.17, 15) is 5.26 Å². The molecule has 0 spiro atoms. The van der Waals surface area contributed by atoms with E-state index in [1.165, 1.54) is 11.1 Å². The minimum absolute atomic E-state index is 0.153. The van der Waals surface area contributed by atoms with E-state index in [-0.39, 0.29) is 6.00 Å². The second-order valence-electron chi connectivity index (χ2n) is 5.09. The third-order valence-electron chi connectivity index (χ3n) is 3.96. The molecule has 0 unspecified atom stereocenters. The first-order valence-corrected chi connectivity index (χ1v) is 7.62. The lowest BCUT2D eigenvalue weighted by atomic mass is 9.99. The first kappa shape index (κ1) is 13.9. The predicted molar refractivity (Wildman–Crippen MR) is 86.9 cm³/mol. The van der Waals surface area contributed by atoms with E-state index in [1.54, 1.807) is 6.08 Å². The summed E-state index contributed by atoms with van der Waals surface area (Å²) in [7, 11) is 0. The largest absolute Gasteiger partial charge is 0.347 e. The van der Waals surface area contributed by atoms with Gasteiger partial charge in [0.05, 0.1) is 16.8 Å². The molecule has 0 bridgehead atoms. The molecule has 4 heteroatoms. The second kappa shape index (κ2) is 5.75. The van der Waals surface area contributed by atoms with Gasteiger partial charge in [0.1, 0.15) is 12.1 Å². The van der Waals surface area contributed by atoms with Gasteiger partial charge in [-0.05, 0) is 25.3 Å². The Labute approximate surface area is 129 Å². The summed E-state index contributed by atoms with van der Waals surface area (Å²) in [5, 5.41) is 10.5. The SMILES string of the molecule is C/C=C(C#N)\C(=N/CCl)c1cn2c3c(cccc13)CCC2. The smallest absolute Gasteiger partial charge is 0.114 e. The number of rotatable bonds is 3. The first-order chi connectivity index (χ1) is 10.3. The van der Waals surface area contributed by atoms with Gasteiger partial charge in [-0.2, -0.15) is 5.26 Å². The van der Waals surface area contributed by atoms with Gasteiger partial charge in [0.15, 0.2) is 0 Å². The van der Waals surface area contributed by atoms with Gasteiger partial charge < -0.3 is 4.57 Å². The highest BCUT2D eigenvalue weighted by Crippen LogP contribution is 2.30. The van der Waals surface area contributed by atoms with E-state index >= 15 is 0 Å². The molecule has 3 rings (SSSR count). The summed E-state index contributed by atoms with van der Waals surface area (Å²) in [5.41, 5.74) is 4.91. The van der Waals surface area contributed by atoms with Crippen molar-refractivity contribution >= 4 is 28.2 Å². The molecular formula is C17H16ClN3. The maximum atomic E-state index is 9.34. The van der Waals surface area contributed by atoms with Gasteiger partial charge in [0, 0.05) is 23.7 Å². The molecule has 0 radical (unpaired) electrons. The zero-order valence-corrected chi connectivity index (χ0v) is 12.7. The van der Waals surface area contributed by atoms with E-state index in [1.807, 2.05) is 6.92 Å². The molecule has 1 aromatic heterocycles. The number of para-hydroxylation sites is 1. The molecular weight excluding hydrogens is 282 g/mol. The van der Waals surface area contributed by atoms with Gasteiger partial charge in [-0.25, -0.2) is 0 Å². The highest BCUT2D eigenvalue weighted by atomic mass is 35.5. The number of aromatic nitrogens is 1. The van der Waals surface area contributed by atoms with Crippen molar-refractivity contribution in [1.29, 1.82) is 5.26 Å². The molecule has 2 heterocycles. The molecule has 3 nitrogen and oxygen atoms in total. The van der Waals surface area contributed by atoms with Crippen LogP contribution in [0, 0.1) is 11.3 Å². The molecule has 0 amide bonds. The summed E-state index contributed by atoms with van der Waals surface area (Å²) in [5.74, 6) is 0. The molecule has 1 aromatic carbocycles. The summed E-state index contributed by atoms with van der Waals surface area (Å²) in [4.78, 5) is 4.36. The van der Waals surface area contributed by atoms with Crippen molar-refractivity contribution in [2.24, 2.45) is 4.99 Å². The lowest BCUT2D eigenvalue weighted by Gasteiger charge is -2.14. The Kier molecular flexibility index (Phi) is 3.81. The Hall–Kier alpha value is -2.05.